The zero-order chi connectivity index (χ0) is 14.3. The van der Waals surface area contributed by atoms with Crippen LogP contribution in [0.3, 0.4) is 0 Å². The topological polar surface area (TPSA) is 55.1 Å². The van der Waals surface area contributed by atoms with Crippen molar-refractivity contribution < 1.29 is 4.79 Å². The van der Waals surface area contributed by atoms with Crippen molar-refractivity contribution >= 4 is 5.91 Å². The van der Waals surface area contributed by atoms with Crippen molar-refractivity contribution in [2.75, 3.05) is 6.54 Å². The van der Waals surface area contributed by atoms with Crippen LogP contribution in [0.15, 0.2) is 0 Å². The fraction of sp³-hybridized carbons (Fsp3) is 0.933. The second-order valence-corrected chi connectivity index (χ2v) is 6.85. The molecule has 108 valence electrons. The van der Waals surface area contributed by atoms with Crippen LogP contribution in [0.25, 0.3) is 0 Å². The summed E-state index contributed by atoms with van der Waals surface area (Å²) in [5.41, 5.74) is 5.54. The van der Waals surface area contributed by atoms with E-state index in [1.165, 1.54) is 0 Å². The van der Waals surface area contributed by atoms with Crippen molar-refractivity contribution in [2.45, 2.75) is 66.3 Å². The van der Waals surface area contributed by atoms with E-state index in [1.54, 1.807) is 0 Å². The van der Waals surface area contributed by atoms with Gasteiger partial charge in [0, 0.05) is 18.5 Å². The molecule has 0 rings (SSSR count). The van der Waals surface area contributed by atoms with Gasteiger partial charge >= 0.3 is 0 Å². The van der Waals surface area contributed by atoms with Gasteiger partial charge in [0.05, 0.1) is 0 Å². The Morgan fingerprint density at radius 2 is 1.72 bits per heavy atom. The fourth-order valence-electron chi connectivity index (χ4n) is 2.68. The van der Waals surface area contributed by atoms with Crippen LogP contribution in [0.1, 0.15) is 60.8 Å². The number of nitrogens with two attached hydrogens (primary N) is 1. The molecule has 0 aliphatic heterocycles. The molecular weight excluding hydrogens is 224 g/mol. The second-order valence-electron chi connectivity index (χ2n) is 6.85. The van der Waals surface area contributed by atoms with Crippen molar-refractivity contribution in [3.8, 4) is 0 Å². The van der Waals surface area contributed by atoms with Crippen molar-refractivity contribution in [2.24, 2.45) is 23.5 Å². The third-order valence-corrected chi connectivity index (χ3v) is 3.16. The molecule has 0 aliphatic carbocycles. The van der Waals surface area contributed by atoms with Crippen LogP contribution in [0, 0.1) is 17.8 Å². The Morgan fingerprint density at radius 3 is 2.11 bits per heavy atom. The Labute approximate surface area is 113 Å². The van der Waals surface area contributed by atoms with E-state index in [-0.39, 0.29) is 11.4 Å². The molecule has 0 spiro atoms. The molecule has 0 radical (unpaired) electrons. The first-order valence-electron chi connectivity index (χ1n) is 7.19. The highest BCUT2D eigenvalue weighted by atomic mass is 16.1. The molecule has 0 bridgehead atoms. The van der Waals surface area contributed by atoms with Gasteiger partial charge in [0.2, 0.25) is 5.91 Å². The predicted molar refractivity (Wildman–Crippen MR) is 78.3 cm³/mol. The lowest BCUT2D eigenvalue weighted by Gasteiger charge is -2.31. The summed E-state index contributed by atoms with van der Waals surface area (Å²) < 4.78 is 0. The van der Waals surface area contributed by atoms with Crippen LogP contribution in [0.4, 0.5) is 0 Å². The molecule has 0 aromatic rings. The number of rotatable bonds is 8. The van der Waals surface area contributed by atoms with E-state index in [4.69, 9.17) is 5.73 Å². The van der Waals surface area contributed by atoms with Crippen LogP contribution >= 0.6 is 0 Å². The molecule has 3 N–H and O–H groups in total. The van der Waals surface area contributed by atoms with Gasteiger partial charge in [-0.05, 0) is 37.5 Å². The zero-order valence-electron chi connectivity index (χ0n) is 13.0. The Kier molecular flexibility index (Phi) is 7.53. The highest BCUT2D eigenvalue weighted by molar-refractivity contribution is 5.77. The fourth-order valence-corrected chi connectivity index (χ4v) is 2.68. The Morgan fingerprint density at radius 1 is 1.17 bits per heavy atom. The molecule has 0 heterocycles. The summed E-state index contributed by atoms with van der Waals surface area (Å²) >= 11 is 0. The third kappa shape index (κ3) is 7.70. The van der Waals surface area contributed by atoms with E-state index < -0.39 is 0 Å². The first-order valence-corrected chi connectivity index (χ1v) is 7.19. The lowest BCUT2D eigenvalue weighted by molar-refractivity contribution is -0.123. The molecule has 18 heavy (non-hydrogen) atoms. The maximum atomic E-state index is 12.0. The molecule has 0 fully saturated rings. The summed E-state index contributed by atoms with van der Waals surface area (Å²) in [4.78, 5) is 12.0. The molecule has 2 unspecified atom stereocenters. The summed E-state index contributed by atoms with van der Waals surface area (Å²) in [6.45, 7) is 13.4. The third-order valence-electron chi connectivity index (χ3n) is 3.16. The Bertz CT molecular complexity index is 251. The van der Waals surface area contributed by atoms with Crippen molar-refractivity contribution in [3.05, 3.63) is 0 Å². The van der Waals surface area contributed by atoms with E-state index in [9.17, 15) is 4.79 Å². The van der Waals surface area contributed by atoms with E-state index in [1.807, 2.05) is 6.92 Å². The van der Waals surface area contributed by atoms with Gasteiger partial charge < -0.3 is 11.1 Å². The van der Waals surface area contributed by atoms with E-state index in [2.05, 4.69) is 39.9 Å². The minimum absolute atomic E-state index is 0.136. The van der Waals surface area contributed by atoms with Gasteiger partial charge in [-0.3, -0.25) is 4.79 Å². The largest absolute Gasteiger partial charge is 0.350 e. The lowest BCUT2D eigenvalue weighted by Crippen LogP contribution is -2.52. The Balaban J connectivity index is 4.27. The molecule has 0 saturated carbocycles. The lowest BCUT2D eigenvalue weighted by atomic mass is 9.89. The number of carbonyl (C=O) groups excluding carboxylic acids is 1. The van der Waals surface area contributed by atoms with Crippen LogP contribution in [0.2, 0.25) is 0 Å². The normalized spacial score (nSPS) is 16.7. The molecule has 0 aromatic heterocycles. The summed E-state index contributed by atoms with van der Waals surface area (Å²) in [7, 11) is 0. The summed E-state index contributed by atoms with van der Waals surface area (Å²) in [6.07, 6.45) is 2.62. The Hall–Kier alpha value is -0.570. The van der Waals surface area contributed by atoms with Gasteiger partial charge in [-0.2, -0.15) is 0 Å². The number of hydrogen-bond donors (Lipinski definition) is 2. The second kappa shape index (κ2) is 7.78. The molecule has 2 atom stereocenters. The molecule has 1 amide bonds. The zero-order valence-corrected chi connectivity index (χ0v) is 13.0. The summed E-state index contributed by atoms with van der Waals surface area (Å²) in [6, 6.07) is 0. The number of amides is 1. The maximum absolute atomic E-state index is 12.0. The average Bonchev–Trinajstić information content (AvgIpc) is 2.13. The first-order chi connectivity index (χ1) is 8.18. The highest BCUT2D eigenvalue weighted by Crippen LogP contribution is 2.18. The molecule has 0 aliphatic rings. The minimum Gasteiger partial charge on any atom is -0.350 e. The monoisotopic (exact) mass is 256 g/mol. The van der Waals surface area contributed by atoms with E-state index >= 15 is 0 Å². The van der Waals surface area contributed by atoms with Gasteiger partial charge in [0.1, 0.15) is 0 Å². The van der Waals surface area contributed by atoms with Crippen molar-refractivity contribution in [3.63, 3.8) is 0 Å². The highest BCUT2D eigenvalue weighted by Gasteiger charge is 2.26. The number of carbonyl (C=O) groups is 1. The van der Waals surface area contributed by atoms with Crippen molar-refractivity contribution in [1.82, 2.24) is 5.32 Å². The molecular formula is C15H32N2O. The number of nitrogens with one attached hydrogen (secondary N) is 1. The summed E-state index contributed by atoms with van der Waals surface area (Å²) in [5, 5.41) is 3.11. The molecule has 3 heteroatoms. The van der Waals surface area contributed by atoms with Crippen LogP contribution in [-0.4, -0.2) is 18.0 Å². The van der Waals surface area contributed by atoms with Gasteiger partial charge in [-0.25, -0.2) is 0 Å². The minimum atomic E-state index is -0.261. The van der Waals surface area contributed by atoms with Crippen LogP contribution in [0.5, 0.6) is 0 Å². The van der Waals surface area contributed by atoms with Crippen molar-refractivity contribution in [1.29, 1.82) is 0 Å². The standard InChI is InChI=1S/C15H32N2O/c1-11(2)7-13(5)8-14(18)17-15(6,10-16)9-12(3)4/h11-13H,7-10,16H2,1-6H3,(H,17,18). The molecule has 0 saturated heterocycles. The van der Waals surface area contributed by atoms with Crippen LogP contribution in [-0.2, 0) is 4.79 Å². The molecule has 3 nitrogen and oxygen atoms in total. The first kappa shape index (κ1) is 17.4. The quantitative estimate of drug-likeness (QED) is 0.701. The number of hydrogen-bond acceptors (Lipinski definition) is 2. The smallest absolute Gasteiger partial charge is 0.220 e. The van der Waals surface area contributed by atoms with Gasteiger partial charge in [-0.15, -0.1) is 0 Å². The average molecular weight is 256 g/mol. The summed E-state index contributed by atoms with van der Waals surface area (Å²) in [5.74, 6) is 1.75. The van der Waals surface area contributed by atoms with Gasteiger partial charge in [-0.1, -0.05) is 34.6 Å². The predicted octanol–water partition coefficient (Wildman–Crippen LogP) is 2.94. The van der Waals surface area contributed by atoms with Gasteiger partial charge in [0.15, 0.2) is 0 Å². The SMILES string of the molecule is CC(C)CC(C)CC(=O)NC(C)(CN)CC(C)C. The van der Waals surface area contributed by atoms with Crippen LogP contribution < -0.4 is 11.1 Å². The van der Waals surface area contributed by atoms with E-state index in [0.717, 1.165) is 12.8 Å². The van der Waals surface area contributed by atoms with E-state index in [0.29, 0.717) is 30.7 Å². The molecule has 0 aromatic carbocycles. The van der Waals surface area contributed by atoms with Gasteiger partial charge in [0.25, 0.3) is 0 Å². The maximum Gasteiger partial charge on any atom is 0.220 e.